The third-order valence-corrected chi connectivity index (χ3v) is 13.4. The Bertz CT molecular complexity index is 3350. The molecule has 1 aliphatic carbocycles. The molecule has 8 aromatic carbocycles. The zero-order valence-electron chi connectivity index (χ0n) is 30.0. The van der Waals surface area contributed by atoms with Crippen molar-refractivity contribution < 1.29 is 0 Å². The summed E-state index contributed by atoms with van der Waals surface area (Å²) in [5.74, 6) is 0. The number of para-hydroxylation sites is 2. The third-order valence-electron chi connectivity index (χ3n) is 12.1. The van der Waals surface area contributed by atoms with Crippen molar-refractivity contribution in [3.8, 4) is 33.6 Å². The van der Waals surface area contributed by atoms with Crippen molar-refractivity contribution in [3.05, 3.63) is 181 Å². The summed E-state index contributed by atoms with van der Waals surface area (Å²) in [5, 5.41) is 7.76. The number of aromatic nitrogens is 2. The summed E-state index contributed by atoms with van der Waals surface area (Å²) < 4.78 is 7.65. The first-order valence-electron chi connectivity index (χ1n) is 18.8. The Labute approximate surface area is 316 Å². The summed E-state index contributed by atoms with van der Waals surface area (Å²) in [7, 11) is 0. The summed E-state index contributed by atoms with van der Waals surface area (Å²) in [4.78, 5) is 0. The maximum Gasteiger partial charge on any atom is 0.0640 e. The van der Waals surface area contributed by atoms with E-state index in [2.05, 4.69) is 193 Å². The first kappa shape index (κ1) is 30.1. The molecular formula is C51H34N2S. The van der Waals surface area contributed by atoms with Crippen LogP contribution >= 0.6 is 11.3 Å². The van der Waals surface area contributed by atoms with Crippen LogP contribution in [0.4, 0.5) is 0 Å². The van der Waals surface area contributed by atoms with Crippen molar-refractivity contribution >= 4 is 75.1 Å². The Balaban J connectivity index is 1.15. The number of hydrogen-bond donors (Lipinski definition) is 0. The molecule has 0 N–H and O–H groups in total. The van der Waals surface area contributed by atoms with E-state index in [0.717, 1.165) is 0 Å². The number of rotatable bonds is 3. The zero-order chi connectivity index (χ0) is 35.7. The zero-order valence-corrected chi connectivity index (χ0v) is 30.8. The van der Waals surface area contributed by atoms with Crippen LogP contribution in [0.3, 0.4) is 0 Å². The van der Waals surface area contributed by atoms with E-state index in [-0.39, 0.29) is 5.41 Å². The number of benzene rings is 8. The minimum Gasteiger partial charge on any atom is -0.309 e. The topological polar surface area (TPSA) is 9.86 Å². The second-order valence-corrected chi connectivity index (χ2v) is 16.3. The van der Waals surface area contributed by atoms with E-state index in [1.54, 1.807) is 0 Å². The van der Waals surface area contributed by atoms with E-state index in [1.165, 1.54) is 109 Å². The van der Waals surface area contributed by atoms with E-state index in [4.69, 9.17) is 0 Å². The smallest absolute Gasteiger partial charge is 0.0640 e. The molecule has 0 radical (unpaired) electrons. The molecule has 11 aromatic rings. The molecule has 0 spiro atoms. The highest BCUT2D eigenvalue weighted by Gasteiger charge is 2.35. The highest BCUT2D eigenvalue weighted by Crippen LogP contribution is 2.50. The first-order chi connectivity index (χ1) is 26.6. The molecule has 0 saturated carbocycles. The molecule has 0 bridgehead atoms. The third kappa shape index (κ3) is 3.89. The maximum absolute atomic E-state index is 2.52. The Kier molecular flexibility index (Phi) is 6.03. The second-order valence-electron chi connectivity index (χ2n) is 15.3. The van der Waals surface area contributed by atoms with Gasteiger partial charge in [0.15, 0.2) is 0 Å². The van der Waals surface area contributed by atoms with Crippen LogP contribution < -0.4 is 0 Å². The van der Waals surface area contributed by atoms with Gasteiger partial charge in [-0.3, -0.25) is 0 Å². The van der Waals surface area contributed by atoms with Crippen LogP contribution in [0.2, 0.25) is 0 Å². The van der Waals surface area contributed by atoms with E-state index in [0.29, 0.717) is 0 Å². The van der Waals surface area contributed by atoms with Gasteiger partial charge in [0.1, 0.15) is 0 Å². The average molecular weight is 707 g/mol. The lowest BCUT2D eigenvalue weighted by Gasteiger charge is -2.21. The summed E-state index contributed by atoms with van der Waals surface area (Å²) in [6.45, 7) is 4.71. The average Bonchev–Trinajstić information content (AvgIpc) is 3.93. The Hall–Kier alpha value is -6.42. The molecule has 3 heterocycles. The molecule has 0 atom stereocenters. The fourth-order valence-corrected chi connectivity index (χ4v) is 11.1. The standard InChI is InChI=1S/C51H34N2S/c1-51(2)40-22-9-6-16-34(40)39-30-32(26-27-41(39)51)52-42-23-10-7-17-37(42)47-44(52)28-29-45-48(47)38-18-8-11-24-43(38)53(45)46-25-13-21-36-35-20-12-19-33(49(35)54-50(36)46)31-14-4-3-5-15-31/h3-30H,1-2H3. The number of hydrogen-bond acceptors (Lipinski definition) is 1. The highest BCUT2D eigenvalue weighted by atomic mass is 32.1. The van der Waals surface area contributed by atoms with E-state index < -0.39 is 0 Å². The summed E-state index contributed by atoms with van der Waals surface area (Å²) in [5.41, 5.74) is 15.3. The minimum atomic E-state index is -0.0281. The van der Waals surface area contributed by atoms with Gasteiger partial charge in [-0.05, 0) is 75.8 Å². The van der Waals surface area contributed by atoms with Gasteiger partial charge in [0.05, 0.1) is 32.5 Å². The lowest BCUT2D eigenvalue weighted by atomic mass is 9.82. The quantitative estimate of drug-likeness (QED) is 0.173. The highest BCUT2D eigenvalue weighted by molar-refractivity contribution is 7.26. The Morgan fingerprint density at radius 2 is 0.981 bits per heavy atom. The van der Waals surface area contributed by atoms with Crippen LogP contribution in [-0.2, 0) is 5.41 Å². The van der Waals surface area contributed by atoms with Crippen molar-refractivity contribution in [2.45, 2.75) is 19.3 Å². The molecule has 3 heteroatoms. The normalized spacial score (nSPS) is 13.5. The van der Waals surface area contributed by atoms with Crippen molar-refractivity contribution in [1.82, 2.24) is 9.13 Å². The molecule has 0 unspecified atom stereocenters. The predicted molar refractivity (Wildman–Crippen MR) is 231 cm³/mol. The molecule has 12 rings (SSSR count). The van der Waals surface area contributed by atoms with Gasteiger partial charge in [-0.1, -0.05) is 141 Å². The van der Waals surface area contributed by atoms with Gasteiger partial charge in [0, 0.05) is 48.1 Å². The van der Waals surface area contributed by atoms with E-state index in [9.17, 15) is 0 Å². The number of nitrogens with zero attached hydrogens (tertiary/aromatic N) is 2. The first-order valence-corrected chi connectivity index (χ1v) is 19.6. The van der Waals surface area contributed by atoms with Gasteiger partial charge in [-0.2, -0.15) is 0 Å². The van der Waals surface area contributed by atoms with Crippen molar-refractivity contribution in [3.63, 3.8) is 0 Å². The van der Waals surface area contributed by atoms with Crippen LogP contribution in [0.25, 0.3) is 97.4 Å². The van der Waals surface area contributed by atoms with Crippen LogP contribution in [0.5, 0.6) is 0 Å². The van der Waals surface area contributed by atoms with Gasteiger partial charge in [-0.15, -0.1) is 11.3 Å². The molecule has 2 nitrogen and oxygen atoms in total. The minimum absolute atomic E-state index is 0.0281. The van der Waals surface area contributed by atoms with Crippen molar-refractivity contribution in [1.29, 1.82) is 0 Å². The largest absolute Gasteiger partial charge is 0.309 e. The molecule has 0 amide bonds. The summed E-state index contributed by atoms with van der Waals surface area (Å²) in [6, 6.07) is 63.1. The summed E-state index contributed by atoms with van der Waals surface area (Å²) in [6.07, 6.45) is 0. The summed E-state index contributed by atoms with van der Waals surface area (Å²) >= 11 is 1.91. The van der Waals surface area contributed by atoms with Gasteiger partial charge in [0.25, 0.3) is 0 Å². The fourth-order valence-electron chi connectivity index (χ4n) is 9.73. The van der Waals surface area contributed by atoms with Crippen molar-refractivity contribution in [2.75, 3.05) is 0 Å². The SMILES string of the molecule is CC1(C)c2ccccc2-c2cc(-n3c4ccccc4c4c5c6ccccc6n(-c6cccc7c6sc6c(-c8ccccc8)cccc67)c5ccc43)ccc21. The monoisotopic (exact) mass is 706 g/mol. The van der Waals surface area contributed by atoms with Crippen LogP contribution in [0, 0.1) is 0 Å². The maximum atomic E-state index is 2.52. The Morgan fingerprint density at radius 3 is 1.76 bits per heavy atom. The molecule has 0 fully saturated rings. The van der Waals surface area contributed by atoms with E-state index >= 15 is 0 Å². The molecule has 0 aliphatic heterocycles. The molecule has 254 valence electrons. The van der Waals surface area contributed by atoms with Crippen LogP contribution in [0.15, 0.2) is 170 Å². The van der Waals surface area contributed by atoms with E-state index in [1.807, 2.05) is 11.3 Å². The van der Waals surface area contributed by atoms with Gasteiger partial charge >= 0.3 is 0 Å². The number of thiophene rings is 1. The molecular weight excluding hydrogens is 673 g/mol. The lowest BCUT2D eigenvalue weighted by molar-refractivity contribution is 0.660. The molecule has 54 heavy (non-hydrogen) atoms. The van der Waals surface area contributed by atoms with Crippen LogP contribution in [0.1, 0.15) is 25.0 Å². The second kappa shape index (κ2) is 10.8. The molecule has 0 saturated heterocycles. The fraction of sp³-hybridized carbons (Fsp3) is 0.0588. The lowest BCUT2D eigenvalue weighted by Crippen LogP contribution is -2.14. The Morgan fingerprint density at radius 1 is 0.407 bits per heavy atom. The predicted octanol–water partition coefficient (Wildman–Crippen LogP) is 14.2. The van der Waals surface area contributed by atoms with Gasteiger partial charge < -0.3 is 9.13 Å². The van der Waals surface area contributed by atoms with Crippen LogP contribution in [-0.4, -0.2) is 9.13 Å². The van der Waals surface area contributed by atoms with Gasteiger partial charge in [0.2, 0.25) is 0 Å². The van der Waals surface area contributed by atoms with Crippen molar-refractivity contribution in [2.24, 2.45) is 0 Å². The molecule has 3 aromatic heterocycles. The molecule has 1 aliphatic rings. The number of fused-ring (bicyclic) bond motifs is 13. The van der Waals surface area contributed by atoms with Gasteiger partial charge in [-0.25, -0.2) is 0 Å².